The lowest BCUT2D eigenvalue weighted by molar-refractivity contribution is 0.166. The molecule has 1 aromatic carbocycles. The molecule has 1 aromatic rings. The standard InChI is InChI=1S/C14H23BrN2O/c1-11-9-12(5-6-13(11)15)14(10-16)17(2)7-4-8-18-3/h5-6,9,14H,4,7-8,10,16H2,1-3H3. The monoisotopic (exact) mass is 314 g/mol. The highest BCUT2D eigenvalue weighted by Gasteiger charge is 2.15. The summed E-state index contributed by atoms with van der Waals surface area (Å²) in [4.78, 5) is 2.29. The van der Waals surface area contributed by atoms with Crippen LogP contribution >= 0.6 is 15.9 Å². The number of hydrogen-bond acceptors (Lipinski definition) is 3. The lowest BCUT2D eigenvalue weighted by Gasteiger charge is -2.27. The zero-order valence-corrected chi connectivity index (χ0v) is 13.0. The van der Waals surface area contributed by atoms with Gasteiger partial charge in [-0.25, -0.2) is 0 Å². The fourth-order valence-corrected chi connectivity index (χ4v) is 2.31. The number of hydrogen-bond donors (Lipinski definition) is 1. The van der Waals surface area contributed by atoms with Crippen molar-refractivity contribution >= 4 is 15.9 Å². The molecular formula is C14H23BrN2O. The van der Waals surface area contributed by atoms with Crippen LogP contribution in [0.25, 0.3) is 0 Å². The zero-order valence-electron chi connectivity index (χ0n) is 11.4. The van der Waals surface area contributed by atoms with Gasteiger partial charge >= 0.3 is 0 Å². The number of ether oxygens (including phenoxy) is 1. The maximum Gasteiger partial charge on any atom is 0.0474 e. The average Bonchev–Trinajstić information content (AvgIpc) is 2.35. The molecule has 0 fully saturated rings. The van der Waals surface area contributed by atoms with E-state index in [2.05, 4.69) is 53.0 Å². The van der Waals surface area contributed by atoms with Gasteiger partial charge in [0.25, 0.3) is 0 Å². The predicted molar refractivity (Wildman–Crippen MR) is 79.8 cm³/mol. The first kappa shape index (κ1) is 15.6. The van der Waals surface area contributed by atoms with Crippen molar-refractivity contribution in [3.63, 3.8) is 0 Å². The Labute approximate surface area is 118 Å². The predicted octanol–water partition coefficient (Wildman–Crippen LogP) is 2.73. The van der Waals surface area contributed by atoms with Gasteiger partial charge in [-0.05, 0) is 37.6 Å². The molecule has 0 aliphatic carbocycles. The number of nitrogens with zero attached hydrogens (tertiary/aromatic N) is 1. The first-order valence-electron chi connectivity index (χ1n) is 6.25. The van der Waals surface area contributed by atoms with Crippen LogP contribution in [0.15, 0.2) is 22.7 Å². The van der Waals surface area contributed by atoms with Crippen molar-refractivity contribution in [3.8, 4) is 0 Å². The van der Waals surface area contributed by atoms with E-state index in [1.807, 2.05) is 0 Å². The van der Waals surface area contributed by atoms with Gasteiger partial charge in [-0.2, -0.15) is 0 Å². The molecule has 1 unspecified atom stereocenters. The highest BCUT2D eigenvalue weighted by Crippen LogP contribution is 2.24. The van der Waals surface area contributed by atoms with Gasteiger partial charge in [0.05, 0.1) is 0 Å². The molecule has 102 valence electrons. The normalized spacial score (nSPS) is 13.0. The van der Waals surface area contributed by atoms with Crippen LogP contribution in [-0.4, -0.2) is 38.8 Å². The molecule has 0 aliphatic rings. The summed E-state index contributed by atoms with van der Waals surface area (Å²) in [7, 11) is 3.85. The topological polar surface area (TPSA) is 38.5 Å². The largest absolute Gasteiger partial charge is 0.385 e. The van der Waals surface area contributed by atoms with E-state index in [0.717, 1.165) is 24.0 Å². The molecule has 0 heterocycles. The summed E-state index contributed by atoms with van der Waals surface area (Å²) in [5.74, 6) is 0. The van der Waals surface area contributed by atoms with E-state index in [1.165, 1.54) is 11.1 Å². The second-order valence-corrected chi connectivity index (χ2v) is 5.44. The fourth-order valence-electron chi connectivity index (χ4n) is 2.06. The third kappa shape index (κ3) is 4.35. The van der Waals surface area contributed by atoms with Crippen molar-refractivity contribution in [2.75, 3.05) is 33.9 Å². The number of nitrogens with two attached hydrogens (primary N) is 1. The second-order valence-electron chi connectivity index (χ2n) is 4.59. The molecule has 18 heavy (non-hydrogen) atoms. The van der Waals surface area contributed by atoms with E-state index in [9.17, 15) is 0 Å². The van der Waals surface area contributed by atoms with Crippen LogP contribution < -0.4 is 5.73 Å². The molecule has 0 saturated heterocycles. The summed E-state index contributed by atoms with van der Waals surface area (Å²) in [6.07, 6.45) is 1.03. The molecule has 0 saturated carbocycles. The maximum atomic E-state index is 5.91. The van der Waals surface area contributed by atoms with Crippen molar-refractivity contribution in [1.29, 1.82) is 0 Å². The van der Waals surface area contributed by atoms with Crippen LogP contribution in [0.4, 0.5) is 0 Å². The molecule has 1 atom stereocenters. The summed E-state index contributed by atoms with van der Waals surface area (Å²) in [5.41, 5.74) is 8.44. The molecule has 0 spiro atoms. The van der Waals surface area contributed by atoms with Gasteiger partial charge in [-0.1, -0.05) is 28.1 Å². The molecule has 0 radical (unpaired) electrons. The molecule has 0 aliphatic heterocycles. The molecule has 4 heteroatoms. The van der Waals surface area contributed by atoms with Gasteiger partial charge in [-0.3, -0.25) is 4.90 Å². The van der Waals surface area contributed by atoms with Crippen LogP contribution in [0.2, 0.25) is 0 Å². The molecule has 0 amide bonds. The van der Waals surface area contributed by atoms with Crippen LogP contribution in [0.1, 0.15) is 23.6 Å². The van der Waals surface area contributed by atoms with Gasteiger partial charge in [0.1, 0.15) is 0 Å². The van der Waals surface area contributed by atoms with Crippen molar-refractivity contribution in [2.45, 2.75) is 19.4 Å². The number of aryl methyl sites for hydroxylation is 1. The molecule has 2 N–H and O–H groups in total. The van der Waals surface area contributed by atoms with E-state index in [0.29, 0.717) is 6.54 Å². The minimum Gasteiger partial charge on any atom is -0.385 e. The van der Waals surface area contributed by atoms with Gasteiger partial charge in [-0.15, -0.1) is 0 Å². The smallest absolute Gasteiger partial charge is 0.0474 e. The number of benzene rings is 1. The highest BCUT2D eigenvalue weighted by atomic mass is 79.9. The summed E-state index contributed by atoms with van der Waals surface area (Å²) in [6, 6.07) is 6.71. The number of likely N-dealkylation sites (N-methyl/N-ethyl adjacent to an activating group) is 1. The lowest BCUT2D eigenvalue weighted by atomic mass is 10.0. The van der Waals surface area contributed by atoms with Gasteiger partial charge in [0, 0.05) is 37.3 Å². The first-order valence-corrected chi connectivity index (χ1v) is 7.04. The molecule has 0 bridgehead atoms. The molecular weight excluding hydrogens is 292 g/mol. The van der Waals surface area contributed by atoms with Crippen molar-refractivity contribution < 1.29 is 4.74 Å². The van der Waals surface area contributed by atoms with Crippen molar-refractivity contribution in [1.82, 2.24) is 4.90 Å². The van der Waals surface area contributed by atoms with E-state index >= 15 is 0 Å². The second kappa shape index (κ2) is 7.89. The quantitative estimate of drug-likeness (QED) is 0.786. The van der Waals surface area contributed by atoms with Crippen LogP contribution in [0.5, 0.6) is 0 Å². The highest BCUT2D eigenvalue weighted by molar-refractivity contribution is 9.10. The van der Waals surface area contributed by atoms with E-state index in [4.69, 9.17) is 10.5 Å². The Hall–Kier alpha value is -0.420. The number of rotatable bonds is 7. The number of methoxy groups -OCH3 is 1. The number of halogens is 1. The van der Waals surface area contributed by atoms with Crippen molar-refractivity contribution in [2.24, 2.45) is 5.73 Å². The Balaban J connectivity index is 2.72. The minimum atomic E-state index is 0.272. The summed E-state index contributed by atoms with van der Waals surface area (Å²) < 4.78 is 6.22. The summed E-state index contributed by atoms with van der Waals surface area (Å²) >= 11 is 3.53. The Morgan fingerprint density at radius 3 is 2.72 bits per heavy atom. The SMILES string of the molecule is COCCCN(C)C(CN)c1ccc(Br)c(C)c1. The minimum absolute atomic E-state index is 0.272. The zero-order chi connectivity index (χ0) is 13.5. The Bertz CT molecular complexity index is 371. The maximum absolute atomic E-state index is 5.91. The Morgan fingerprint density at radius 2 is 2.17 bits per heavy atom. The van der Waals surface area contributed by atoms with Gasteiger partial charge in [0.15, 0.2) is 0 Å². The first-order chi connectivity index (χ1) is 8.60. The summed E-state index contributed by atoms with van der Waals surface area (Å²) in [5, 5.41) is 0. The fraction of sp³-hybridized carbons (Fsp3) is 0.571. The third-order valence-electron chi connectivity index (χ3n) is 3.18. The van der Waals surface area contributed by atoms with E-state index in [-0.39, 0.29) is 6.04 Å². The third-order valence-corrected chi connectivity index (χ3v) is 4.07. The molecule has 1 rings (SSSR count). The average molecular weight is 315 g/mol. The molecule has 3 nitrogen and oxygen atoms in total. The molecule has 0 aromatic heterocycles. The van der Waals surface area contributed by atoms with Crippen LogP contribution in [0.3, 0.4) is 0 Å². The van der Waals surface area contributed by atoms with E-state index in [1.54, 1.807) is 7.11 Å². The van der Waals surface area contributed by atoms with Crippen molar-refractivity contribution in [3.05, 3.63) is 33.8 Å². The van der Waals surface area contributed by atoms with E-state index < -0.39 is 0 Å². The Morgan fingerprint density at radius 1 is 1.44 bits per heavy atom. The van der Waals surface area contributed by atoms with Crippen LogP contribution in [0, 0.1) is 6.92 Å². The van der Waals surface area contributed by atoms with Gasteiger partial charge < -0.3 is 10.5 Å². The van der Waals surface area contributed by atoms with Crippen LogP contribution in [-0.2, 0) is 4.74 Å². The Kier molecular flexibility index (Phi) is 6.86. The lowest BCUT2D eigenvalue weighted by Crippen LogP contribution is -2.31. The summed E-state index contributed by atoms with van der Waals surface area (Å²) in [6.45, 7) is 4.52. The van der Waals surface area contributed by atoms with Gasteiger partial charge in [0.2, 0.25) is 0 Å².